The quantitative estimate of drug-likeness (QED) is 0.886. The number of nitrogens with one attached hydrogen (secondary N) is 1. The molecule has 98 valence electrons. The molecule has 2 fully saturated rings. The summed E-state index contributed by atoms with van der Waals surface area (Å²) in [6.45, 7) is 3.63. The Hall–Kier alpha value is -0.930. The number of benzene rings is 1. The summed E-state index contributed by atoms with van der Waals surface area (Å²) in [5.74, 6) is 0.609. The maximum Gasteiger partial charge on any atom is 0.123 e. The average Bonchev–Trinajstić information content (AvgIpc) is 3.10. The van der Waals surface area contributed by atoms with E-state index in [1.54, 1.807) is 6.07 Å². The molecule has 2 aliphatic rings. The Kier molecular flexibility index (Phi) is 3.35. The van der Waals surface area contributed by atoms with E-state index in [4.69, 9.17) is 4.74 Å². The molecule has 0 aromatic heterocycles. The fraction of sp³-hybridized carbons (Fsp3) is 0.600. The fourth-order valence-corrected chi connectivity index (χ4v) is 2.79. The van der Waals surface area contributed by atoms with Crippen molar-refractivity contribution in [2.45, 2.75) is 44.9 Å². The zero-order valence-electron chi connectivity index (χ0n) is 10.8. The van der Waals surface area contributed by atoms with Crippen molar-refractivity contribution in [1.82, 2.24) is 5.32 Å². The van der Waals surface area contributed by atoms with Gasteiger partial charge in [-0.2, -0.15) is 0 Å². The molecule has 0 bridgehead atoms. The third kappa shape index (κ3) is 2.57. The molecule has 1 N–H and O–H groups in total. The van der Waals surface area contributed by atoms with Gasteiger partial charge in [-0.05, 0) is 55.4 Å². The molecule has 1 aliphatic heterocycles. The Balaban J connectivity index is 1.61. The van der Waals surface area contributed by atoms with Crippen molar-refractivity contribution in [1.29, 1.82) is 0 Å². The minimum absolute atomic E-state index is 0.154. The Bertz CT molecular complexity index is 431. The van der Waals surface area contributed by atoms with Gasteiger partial charge in [0.05, 0.1) is 6.10 Å². The molecule has 1 aromatic rings. The van der Waals surface area contributed by atoms with Gasteiger partial charge in [0.2, 0.25) is 0 Å². The lowest BCUT2D eigenvalue weighted by atomic mass is 10.0. The Morgan fingerprint density at radius 1 is 1.33 bits per heavy atom. The van der Waals surface area contributed by atoms with Crippen molar-refractivity contribution in [3.63, 3.8) is 0 Å². The van der Waals surface area contributed by atoms with Crippen LogP contribution in [-0.4, -0.2) is 18.8 Å². The highest BCUT2D eigenvalue weighted by Crippen LogP contribution is 2.38. The highest BCUT2D eigenvalue weighted by Gasteiger charge is 2.40. The molecule has 0 amide bonds. The molecule has 2 nitrogen and oxygen atoms in total. The Labute approximate surface area is 108 Å². The standard InChI is InChI=1S/C15H20FNO/c1-10-2-5-13(16)8-12(10)9-17-14-6-7-18-15(14)11-3-4-11/h2,5,8,11,14-15,17H,3-4,6-7,9H2,1H3. The summed E-state index contributed by atoms with van der Waals surface area (Å²) in [5, 5.41) is 3.55. The molecule has 3 heteroatoms. The van der Waals surface area contributed by atoms with Crippen LogP contribution >= 0.6 is 0 Å². The first kappa shape index (κ1) is 12.1. The van der Waals surface area contributed by atoms with Crippen LogP contribution in [0.2, 0.25) is 0 Å². The van der Waals surface area contributed by atoms with Crippen molar-refractivity contribution in [2.75, 3.05) is 6.61 Å². The van der Waals surface area contributed by atoms with Crippen LogP contribution in [0.3, 0.4) is 0 Å². The van der Waals surface area contributed by atoms with E-state index in [9.17, 15) is 4.39 Å². The number of aryl methyl sites for hydroxylation is 1. The van der Waals surface area contributed by atoms with Crippen LogP contribution in [0.25, 0.3) is 0 Å². The molecular formula is C15H20FNO. The predicted octanol–water partition coefficient (Wildman–Crippen LogP) is 2.79. The smallest absolute Gasteiger partial charge is 0.123 e. The number of halogens is 1. The summed E-state index contributed by atoms with van der Waals surface area (Å²) in [6, 6.07) is 5.44. The molecule has 3 rings (SSSR count). The predicted molar refractivity (Wildman–Crippen MR) is 68.8 cm³/mol. The normalized spacial score (nSPS) is 27.7. The van der Waals surface area contributed by atoms with Gasteiger partial charge in [-0.1, -0.05) is 6.07 Å². The van der Waals surface area contributed by atoms with Gasteiger partial charge in [-0.15, -0.1) is 0 Å². The van der Waals surface area contributed by atoms with E-state index >= 15 is 0 Å². The van der Waals surface area contributed by atoms with Gasteiger partial charge in [0, 0.05) is 19.2 Å². The van der Waals surface area contributed by atoms with E-state index in [-0.39, 0.29) is 5.82 Å². The lowest BCUT2D eigenvalue weighted by molar-refractivity contribution is 0.0808. The molecule has 2 atom stereocenters. The third-order valence-corrected chi connectivity index (χ3v) is 4.09. The highest BCUT2D eigenvalue weighted by molar-refractivity contribution is 5.26. The summed E-state index contributed by atoms with van der Waals surface area (Å²) < 4.78 is 19.0. The zero-order chi connectivity index (χ0) is 12.5. The summed E-state index contributed by atoms with van der Waals surface area (Å²) >= 11 is 0. The summed E-state index contributed by atoms with van der Waals surface area (Å²) in [6.07, 6.45) is 4.08. The lowest BCUT2D eigenvalue weighted by Gasteiger charge is -2.20. The molecule has 0 radical (unpaired) electrons. The van der Waals surface area contributed by atoms with E-state index in [1.165, 1.54) is 18.9 Å². The molecular weight excluding hydrogens is 229 g/mol. The molecule has 1 aromatic carbocycles. The average molecular weight is 249 g/mol. The first-order chi connectivity index (χ1) is 8.74. The molecule has 0 spiro atoms. The molecule has 1 saturated carbocycles. The minimum Gasteiger partial charge on any atom is -0.376 e. The van der Waals surface area contributed by atoms with Crippen molar-refractivity contribution < 1.29 is 9.13 Å². The van der Waals surface area contributed by atoms with E-state index in [0.29, 0.717) is 12.1 Å². The van der Waals surface area contributed by atoms with E-state index < -0.39 is 0 Å². The largest absolute Gasteiger partial charge is 0.376 e. The number of ether oxygens (including phenoxy) is 1. The number of hydrogen-bond acceptors (Lipinski definition) is 2. The monoisotopic (exact) mass is 249 g/mol. The minimum atomic E-state index is -0.154. The molecule has 2 unspecified atom stereocenters. The van der Waals surface area contributed by atoms with Crippen molar-refractivity contribution in [2.24, 2.45) is 5.92 Å². The maximum atomic E-state index is 13.2. The third-order valence-electron chi connectivity index (χ3n) is 4.09. The summed E-state index contributed by atoms with van der Waals surface area (Å²) in [4.78, 5) is 0. The topological polar surface area (TPSA) is 21.3 Å². The van der Waals surface area contributed by atoms with Crippen LogP contribution in [0.15, 0.2) is 18.2 Å². The zero-order valence-corrected chi connectivity index (χ0v) is 10.8. The summed E-state index contributed by atoms with van der Waals surface area (Å²) in [5.41, 5.74) is 2.20. The second-order valence-corrected chi connectivity index (χ2v) is 5.52. The van der Waals surface area contributed by atoms with Gasteiger partial charge in [0.1, 0.15) is 5.82 Å². The van der Waals surface area contributed by atoms with Gasteiger partial charge in [0.25, 0.3) is 0 Å². The lowest BCUT2D eigenvalue weighted by Crippen LogP contribution is -2.37. The van der Waals surface area contributed by atoms with Gasteiger partial charge >= 0.3 is 0 Å². The van der Waals surface area contributed by atoms with Gasteiger partial charge in [-0.3, -0.25) is 0 Å². The van der Waals surface area contributed by atoms with E-state index in [1.807, 2.05) is 13.0 Å². The van der Waals surface area contributed by atoms with Crippen LogP contribution in [0.1, 0.15) is 30.4 Å². The summed E-state index contributed by atoms with van der Waals surface area (Å²) in [7, 11) is 0. The van der Waals surface area contributed by atoms with Gasteiger partial charge in [-0.25, -0.2) is 4.39 Å². The Morgan fingerprint density at radius 2 is 2.17 bits per heavy atom. The van der Waals surface area contributed by atoms with Crippen molar-refractivity contribution in [3.8, 4) is 0 Å². The first-order valence-electron chi connectivity index (χ1n) is 6.84. The van der Waals surface area contributed by atoms with E-state index in [2.05, 4.69) is 5.32 Å². The van der Waals surface area contributed by atoms with Crippen molar-refractivity contribution in [3.05, 3.63) is 35.1 Å². The molecule has 1 saturated heterocycles. The molecule has 18 heavy (non-hydrogen) atoms. The molecule has 1 aliphatic carbocycles. The van der Waals surface area contributed by atoms with E-state index in [0.717, 1.165) is 36.6 Å². The van der Waals surface area contributed by atoms with Crippen LogP contribution in [0.4, 0.5) is 4.39 Å². The maximum absolute atomic E-state index is 13.2. The fourth-order valence-electron chi connectivity index (χ4n) is 2.79. The van der Waals surface area contributed by atoms with Crippen molar-refractivity contribution >= 4 is 0 Å². The number of hydrogen-bond donors (Lipinski definition) is 1. The second-order valence-electron chi connectivity index (χ2n) is 5.52. The Morgan fingerprint density at radius 3 is 2.94 bits per heavy atom. The van der Waals surface area contributed by atoms with Gasteiger partial charge < -0.3 is 10.1 Å². The molecule has 1 heterocycles. The second kappa shape index (κ2) is 4.98. The van der Waals surface area contributed by atoms with Crippen LogP contribution < -0.4 is 5.32 Å². The van der Waals surface area contributed by atoms with Crippen LogP contribution in [0, 0.1) is 18.7 Å². The highest BCUT2D eigenvalue weighted by atomic mass is 19.1. The SMILES string of the molecule is Cc1ccc(F)cc1CNC1CCOC1C1CC1. The van der Waals surface area contributed by atoms with Crippen LogP contribution in [-0.2, 0) is 11.3 Å². The van der Waals surface area contributed by atoms with Gasteiger partial charge in [0.15, 0.2) is 0 Å². The first-order valence-corrected chi connectivity index (χ1v) is 6.84. The van der Waals surface area contributed by atoms with Crippen LogP contribution in [0.5, 0.6) is 0 Å². The number of rotatable bonds is 4.